The van der Waals surface area contributed by atoms with Gasteiger partial charge in [-0.25, -0.2) is 0 Å². The van der Waals surface area contributed by atoms with Crippen molar-refractivity contribution in [3.63, 3.8) is 0 Å². The van der Waals surface area contributed by atoms with Crippen LogP contribution in [0.2, 0.25) is 0 Å². The highest BCUT2D eigenvalue weighted by molar-refractivity contribution is 7.99. The van der Waals surface area contributed by atoms with Crippen molar-refractivity contribution in [1.82, 2.24) is 0 Å². The molecule has 0 aliphatic rings. The van der Waals surface area contributed by atoms with E-state index < -0.39 is 90.5 Å². The van der Waals surface area contributed by atoms with Gasteiger partial charge in [-0.1, -0.05) is 0 Å². The van der Waals surface area contributed by atoms with Crippen LogP contribution in [0.15, 0.2) is 0 Å². The predicted octanol–water partition coefficient (Wildman–Crippen LogP) is 5.15. The third-order valence-corrected chi connectivity index (χ3v) is 4.96. The first-order valence-electron chi connectivity index (χ1n) is 8.71. The smallest absolute Gasteiger partial charge is 0.460 e. The average molecular weight is 609 g/mol. The Morgan fingerprint density at radius 3 is 1.35 bits per heavy atom. The fraction of sp³-hybridized carbons (Fsp3) is 0.867. The van der Waals surface area contributed by atoms with Crippen LogP contribution < -0.4 is 5.11 Å². The second-order valence-corrected chi connectivity index (χ2v) is 7.87. The lowest BCUT2D eigenvalue weighted by molar-refractivity contribution is -0.461. The number of ether oxygens (including phenoxy) is 1. The van der Waals surface area contributed by atoms with E-state index in [2.05, 4.69) is 4.74 Å². The zero-order valence-electron chi connectivity index (χ0n) is 17.0. The Hall–Kier alpha value is -1.90. The summed E-state index contributed by atoms with van der Waals surface area (Å²) in [6.45, 7) is 0. The molecule has 0 atom stereocenters. The fourth-order valence-electron chi connectivity index (χ4n) is 2.00. The summed E-state index contributed by atoms with van der Waals surface area (Å²) in [7, 11) is 0. The van der Waals surface area contributed by atoms with Gasteiger partial charge < -0.3 is 14.6 Å². The number of carbonyl (C=O) groups is 2. The number of thioether (sulfide) groups is 1. The summed E-state index contributed by atoms with van der Waals surface area (Å²) in [6, 6.07) is 0. The molecule has 4 nitrogen and oxygen atoms in total. The van der Waals surface area contributed by atoms with Gasteiger partial charge in [-0.05, 0) is 6.42 Å². The predicted molar refractivity (Wildman–Crippen MR) is 83.0 cm³/mol. The SMILES string of the molecule is O=C([O-])CCC(=O)OCSCCC(F)(F)C(F)(F)C(F)(F)C(F)(F)C(F)(F)C(F)(F)C(F)(F)C(F)(F)F. The maximum Gasteiger partial charge on any atom is 0.460 e. The number of carboxylic acids is 1. The minimum atomic E-state index is -8.68. The first-order chi connectivity index (χ1) is 16.1. The van der Waals surface area contributed by atoms with Crippen molar-refractivity contribution in [2.24, 2.45) is 0 Å². The van der Waals surface area contributed by atoms with Gasteiger partial charge in [0.1, 0.15) is 5.94 Å². The van der Waals surface area contributed by atoms with Crippen LogP contribution in [-0.2, 0) is 14.3 Å². The minimum absolute atomic E-state index is 0.151. The van der Waals surface area contributed by atoms with Crippen LogP contribution in [-0.4, -0.2) is 71.3 Å². The number of alkyl halides is 17. The lowest BCUT2D eigenvalue weighted by Gasteiger charge is -2.42. The van der Waals surface area contributed by atoms with Gasteiger partial charge in [-0.15, -0.1) is 11.8 Å². The van der Waals surface area contributed by atoms with Crippen LogP contribution in [0, 0.1) is 0 Å². The van der Waals surface area contributed by atoms with Crippen LogP contribution in [0.1, 0.15) is 19.3 Å². The molecule has 0 aromatic carbocycles. The zero-order chi connectivity index (χ0) is 30.1. The molecular formula is C15H10F17O4S-. The molecule has 0 aliphatic carbocycles. The minimum Gasteiger partial charge on any atom is -0.550 e. The molecule has 0 saturated heterocycles. The van der Waals surface area contributed by atoms with Crippen LogP contribution in [0.3, 0.4) is 0 Å². The normalized spacial score (nSPS) is 15.1. The van der Waals surface area contributed by atoms with E-state index in [1.165, 1.54) is 0 Å². The van der Waals surface area contributed by atoms with Gasteiger partial charge in [0.2, 0.25) is 0 Å². The number of carboxylic acid groups (broad SMARTS) is 1. The summed E-state index contributed by atoms with van der Waals surface area (Å²) in [5, 5.41) is 10.1. The molecule has 0 heterocycles. The van der Waals surface area contributed by atoms with E-state index in [0.29, 0.717) is 0 Å². The summed E-state index contributed by atoms with van der Waals surface area (Å²) in [5.74, 6) is -62.4. The Balaban J connectivity index is 5.81. The van der Waals surface area contributed by atoms with Crippen LogP contribution in [0.4, 0.5) is 74.6 Å². The lowest BCUT2D eigenvalue weighted by atomic mass is 9.88. The molecule has 0 amide bonds. The van der Waals surface area contributed by atoms with E-state index in [1.54, 1.807) is 0 Å². The Labute approximate surface area is 197 Å². The highest BCUT2D eigenvalue weighted by Gasteiger charge is 2.95. The first-order valence-corrected chi connectivity index (χ1v) is 9.86. The maximum atomic E-state index is 13.6. The number of halogens is 17. The Bertz CT molecular complexity index is 824. The van der Waals surface area contributed by atoms with Gasteiger partial charge in [0.25, 0.3) is 0 Å². The van der Waals surface area contributed by atoms with E-state index in [4.69, 9.17) is 0 Å². The van der Waals surface area contributed by atoms with E-state index in [1.807, 2.05) is 0 Å². The molecule has 0 fully saturated rings. The van der Waals surface area contributed by atoms with E-state index in [9.17, 15) is 89.3 Å². The molecule has 220 valence electrons. The highest BCUT2D eigenvalue weighted by atomic mass is 32.2. The second kappa shape index (κ2) is 10.7. The molecule has 0 rings (SSSR count). The van der Waals surface area contributed by atoms with Gasteiger partial charge in [0.05, 0.1) is 6.42 Å². The van der Waals surface area contributed by atoms with E-state index >= 15 is 0 Å². The monoisotopic (exact) mass is 609 g/mol. The molecule has 0 bridgehead atoms. The number of hydrogen-bond donors (Lipinski definition) is 0. The number of aliphatic carboxylic acids is 1. The summed E-state index contributed by atoms with van der Waals surface area (Å²) in [4.78, 5) is 21.1. The van der Waals surface area contributed by atoms with Crippen molar-refractivity contribution < 1.29 is 94.1 Å². The summed E-state index contributed by atoms with van der Waals surface area (Å²) in [5.41, 5.74) is 0. The molecule has 0 aliphatic heterocycles. The van der Waals surface area contributed by atoms with Crippen molar-refractivity contribution in [3.05, 3.63) is 0 Å². The molecule has 0 unspecified atom stereocenters. The Kier molecular flexibility index (Phi) is 10.1. The Morgan fingerprint density at radius 1 is 0.595 bits per heavy atom. The zero-order valence-corrected chi connectivity index (χ0v) is 17.8. The maximum absolute atomic E-state index is 13.6. The molecule has 0 aromatic heterocycles. The van der Waals surface area contributed by atoms with Crippen molar-refractivity contribution in [1.29, 1.82) is 0 Å². The summed E-state index contributed by atoms with van der Waals surface area (Å²) in [6.07, 6.45) is -12.2. The molecule has 22 heteroatoms. The van der Waals surface area contributed by atoms with Gasteiger partial charge >= 0.3 is 53.6 Å². The number of hydrogen-bond acceptors (Lipinski definition) is 5. The number of rotatable bonds is 14. The standard InChI is InChI=1S/C15H11F17O4S/c16-8(17,3-4-37-5-36-7(35)2-1-6(33)34)9(18,19)10(20,21)11(22,23)12(24,25)13(26,27)14(28,29)15(30,31)32/h1-5H2,(H,33,34)/p-1. The van der Waals surface area contributed by atoms with Crippen molar-refractivity contribution in [2.75, 3.05) is 11.7 Å². The second-order valence-electron chi connectivity index (χ2n) is 6.81. The molecule has 0 radical (unpaired) electrons. The summed E-state index contributed by atoms with van der Waals surface area (Å²) < 4.78 is 227. The van der Waals surface area contributed by atoms with Gasteiger partial charge in [-0.3, -0.25) is 4.79 Å². The van der Waals surface area contributed by atoms with E-state index in [-0.39, 0.29) is 11.8 Å². The molecule has 0 N–H and O–H groups in total. The van der Waals surface area contributed by atoms with Gasteiger partial charge in [-0.2, -0.15) is 74.6 Å². The van der Waals surface area contributed by atoms with Crippen molar-refractivity contribution >= 4 is 23.7 Å². The third-order valence-electron chi connectivity index (χ3n) is 4.18. The molecular weight excluding hydrogens is 599 g/mol. The van der Waals surface area contributed by atoms with Crippen molar-refractivity contribution in [3.8, 4) is 0 Å². The molecule has 37 heavy (non-hydrogen) atoms. The Morgan fingerprint density at radius 2 is 0.973 bits per heavy atom. The molecule has 0 aromatic rings. The molecule has 0 saturated carbocycles. The summed E-state index contributed by atoms with van der Waals surface area (Å²) >= 11 is -0.151. The van der Waals surface area contributed by atoms with Crippen LogP contribution >= 0.6 is 11.8 Å². The van der Waals surface area contributed by atoms with Crippen molar-refractivity contribution in [2.45, 2.75) is 66.9 Å². The third kappa shape index (κ3) is 6.23. The largest absolute Gasteiger partial charge is 0.550 e. The average Bonchev–Trinajstić information content (AvgIpc) is 2.70. The van der Waals surface area contributed by atoms with Gasteiger partial charge in [0, 0.05) is 18.1 Å². The fourth-order valence-corrected chi connectivity index (χ4v) is 2.73. The van der Waals surface area contributed by atoms with E-state index in [0.717, 1.165) is 0 Å². The van der Waals surface area contributed by atoms with Crippen LogP contribution in [0.25, 0.3) is 0 Å². The highest BCUT2D eigenvalue weighted by Crippen LogP contribution is 2.64. The number of esters is 1. The lowest BCUT2D eigenvalue weighted by Crippen LogP contribution is -2.74. The van der Waals surface area contributed by atoms with Gasteiger partial charge in [0.15, 0.2) is 0 Å². The first kappa shape index (κ1) is 35.1. The quantitative estimate of drug-likeness (QED) is 0.118. The number of carbonyl (C=O) groups excluding carboxylic acids is 2. The topological polar surface area (TPSA) is 66.4 Å². The van der Waals surface area contributed by atoms with Crippen LogP contribution in [0.5, 0.6) is 0 Å². The molecule has 0 spiro atoms.